The van der Waals surface area contributed by atoms with Crippen LogP contribution in [0.15, 0.2) is 91.0 Å². The second-order valence-corrected chi connectivity index (χ2v) is 9.14. The highest BCUT2D eigenvalue weighted by Crippen LogP contribution is 2.36. The van der Waals surface area contributed by atoms with Crippen LogP contribution in [0.4, 0.5) is 5.82 Å². The third-order valence-electron chi connectivity index (χ3n) is 6.69. The van der Waals surface area contributed by atoms with Crippen molar-refractivity contribution in [3.8, 4) is 22.5 Å². The van der Waals surface area contributed by atoms with Gasteiger partial charge in [-0.3, -0.25) is 4.79 Å². The molecule has 0 fully saturated rings. The van der Waals surface area contributed by atoms with E-state index >= 15 is 0 Å². The molecule has 0 aliphatic heterocycles. The van der Waals surface area contributed by atoms with Crippen LogP contribution in [-0.4, -0.2) is 21.0 Å². The van der Waals surface area contributed by atoms with Gasteiger partial charge in [0.1, 0.15) is 5.69 Å². The van der Waals surface area contributed by atoms with Crippen molar-refractivity contribution in [1.29, 1.82) is 0 Å². The van der Waals surface area contributed by atoms with Gasteiger partial charge in [0.2, 0.25) is 5.91 Å². The van der Waals surface area contributed by atoms with Gasteiger partial charge in [0.15, 0.2) is 5.82 Å². The summed E-state index contributed by atoms with van der Waals surface area (Å²) in [6.45, 7) is 0.0171. The van der Waals surface area contributed by atoms with Crippen LogP contribution in [0.5, 0.6) is 0 Å². The molecule has 0 atom stereocenters. The first-order chi connectivity index (χ1) is 17.7. The molecule has 0 bridgehead atoms. The van der Waals surface area contributed by atoms with E-state index in [0.29, 0.717) is 11.5 Å². The molecular weight excluding hydrogens is 446 g/mol. The number of amides is 1. The summed E-state index contributed by atoms with van der Waals surface area (Å²) in [5.74, 6) is 0.363. The normalized spacial score (nSPS) is 12.1. The van der Waals surface area contributed by atoms with Crippen LogP contribution >= 0.6 is 0 Å². The zero-order chi connectivity index (χ0) is 24.5. The molecule has 5 nitrogen and oxygen atoms in total. The monoisotopic (exact) mass is 471 g/mol. The van der Waals surface area contributed by atoms with E-state index in [-0.39, 0.29) is 18.9 Å². The molecule has 1 aliphatic carbocycles. The van der Waals surface area contributed by atoms with Gasteiger partial charge in [0, 0.05) is 11.1 Å². The molecule has 5 heteroatoms. The van der Waals surface area contributed by atoms with Crippen LogP contribution in [0.25, 0.3) is 33.3 Å². The standard InChI is InChI=1S/C31H25N3O2/c35-19-21-11-14-26-25(17-21)13-15-27-30(26)34-29(23-7-2-1-3-8-23)31(32-27)33-28(36)18-20-10-12-22-6-4-5-9-24(22)16-20/h1-12,14,16-17,35H,13,15,18-19H2,(H,32,33,36). The van der Waals surface area contributed by atoms with Crippen LogP contribution in [0, 0.1) is 0 Å². The summed E-state index contributed by atoms with van der Waals surface area (Å²) in [5, 5.41) is 14.9. The molecule has 36 heavy (non-hydrogen) atoms. The number of aliphatic hydroxyl groups excluding tert-OH is 1. The molecule has 6 rings (SSSR count). The summed E-state index contributed by atoms with van der Waals surface area (Å²) in [7, 11) is 0. The SMILES string of the molecule is O=C(Cc1ccc2ccccc2c1)Nc1nc2c(nc1-c1ccccc1)-c1ccc(CO)cc1CC2. The number of rotatable bonds is 5. The molecule has 1 aromatic heterocycles. The van der Waals surface area contributed by atoms with E-state index in [9.17, 15) is 9.90 Å². The average molecular weight is 472 g/mol. The van der Waals surface area contributed by atoms with E-state index in [1.807, 2.05) is 72.8 Å². The topological polar surface area (TPSA) is 75.1 Å². The number of hydrogen-bond acceptors (Lipinski definition) is 4. The lowest BCUT2D eigenvalue weighted by Gasteiger charge is -2.21. The summed E-state index contributed by atoms with van der Waals surface area (Å²) in [6, 6.07) is 30.1. The Morgan fingerprint density at radius 2 is 1.56 bits per heavy atom. The van der Waals surface area contributed by atoms with Crippen LogP contribution < -0.4 is 5.32 Å². The van der Waals surface area contributed by atoms with Gasteiger partial charge in [-0.1, -0.05) is 91.0 Å². The van der Waals surface area contributed by atoms with Crippen molar-refractivity contribution in [3.05, 3.63) is 113 Å². The zero-order valence-electron chi connectivity index (χ0n) is 19.7. The maximum Gasteiger partial charge on any atom is 0.230 e. The molecule has 5 aromatic rings. The van der Waals surface area contributed by atoms with Crippen molar-refractivity contribution < 1.29 is 9.90 Å². The largest absolute Gasteiger partial charge is 0.392 e. The number of nitrogens with zero attached hydrogens (tertiary/aromatic N) is 2. The fraction of sp³-hybridized carbons (Fsp3) is 0.129. The Hall–Kier alpha value is -4.35. The number of aliphatic hydroxyl groups is 1. The lowest BCUT2D eigenvalue weighted by atomic mass is 9.90. The third-order valence-corrected chi connectivity index (χ3v) is 6.69. The molecule has 1 heterocycles. The molecule has 0 saturated heterocycles. The van der Waals surface area contributed by atoms with Crippen molar-refractivity contribution in [3.63, 3.8) is 0 Å². The first-order valence-corrected chi connectivity index (χ1v) is 12.1. The van der Waals surface area contributed by atoms with E-state index in [2.05, 4.69) is 23.5 Å². The molecule has 176 valence electrons. The first-order valence-electron chi connectivity index (χ1n) is 12.1. The molecule has 4 aromatic carbocycles. The van der Waals surface area contributed by atoms with E-state index in [0.717, 1.165) is 62.8 Å². The Morgan fingerprint density at radius 3 is 2.39 bits per heavy atom. The van der Waals surface area contributed by atoms with Gasteiger partial charge >= 0.3 is 0 Å². The first kappa shape index (κ1) is 22.1. The summed E-state index contributed by atoms with van der Waals surface area (Å²) in [6.07, 6.45) is 1.80. The number of nitrogens with one attached hydrogen (secondary N) is 1. The van der Waals surface area contributed by atoms with Gasteiger partial charge in [-0.15, -0.1) is 0 Å². The molecular formula is C31H25N3O2. The summed E-state index contributed by atoms with van der Waals surface area (Å²) in [5.41, 5.74) is 7.31. The molecule has 0 radical (unpaired) electrons. The van der Waals surface area contributed by atoms with Crippen molar-refractivity contribution in [2.75, 3.05) is 5.32 Å². The lowest BCUT2D eigenvalue weighted by molar-refractivity contribution is -0.115. The van der Waals surface area contributed by atoms with Crippen molar-refractivity contribution in [2.45, 2.75) is 25.9 Å². The molecule has 2 N–H and O–H groups in total. The predicted octanol–water partition coefficient (Wildman–Crippen LogP) is 5.74. The van der Waals surface area contributed by atoms with Gasteiger partial charge in [0.25, 0.3) is 0 Å². The molecule has 0 saturated carbocycles. The molecule has 0 unspecified atom stereocenters. The highest BCUT2D eigenvalue weighted by Gasteiger charge is 2.23. The average Bonchev–Trinajstić information content (AvgIpc) is 2.92. The smallest absolute Gasteiger partial charge is 0.230 e. The highest BCUT2D eigenvalue weighted by atomic mass is 16.3. The number of fused-ring (bicyclic) bond motifs is 4. The Bertz CT molecular complexity index is 1600. The predicted molar refractivity (Wildman–Crippen MR) is 143 cm³/mol. The van der Waals surface area contributed by atoms with E-state index < -0.39 is 0 Å². The fourth-order valence-corrected chi connectivity index (χ4v) is 4.89. The number of carbonyl (C=O) groups is 1. The summed E-state index contributed by atoms with van der Waals surface area (Å²) < 4.78 is 0. The van der Waals surface area contributed by atoms with E-state index in [1.165, 1.54) is 0 Å². The lowest BCUT2D eigenvalue weighted by Crippen LogP contribution is -2.19. The van der Waals surface area contributed by atoms with Crippen molar-refractivity contribution in [2.24, 2.45) is 0 Å². The highest BCUT2D eigenvalue weighted by molar-refractivity contribution is 5.96. The minimum absolute atomic E-state index is 0.0171. The summed E-state index contributed by atoms with van der Waals surface area (Å²) in [4.78, 5) is 23.1. The number of anilines is 1. The second kappa shape index (κ2) is 9.36. The van der Waals surface area contributed by atoms with Gasteiger partial charge in [0.05, 0.1) is 24.4 Å². The van der Waals surface area contributed by atoms with Crippen LogP contribution in [0.3, 0.4) is 0 Å². The third kappa shape index (κ3) is 4.25. The quantitative estimate of drug-likeness (QED) is 0.343. The minimum atomic E-state index is -0.125. The Balaban J connectivity index is 1.36. The Kier molecular flexibility index (Phi) is 5.76. The maximum atomic E-state index is 13.1. The Morgan fingerprint density at radius 1 is 0.778 bits per heavy atom. The van der Waals surface area contributed by atoms with Crippen LogP contribution in [0.2, 0.25) is 0 Å². The van der Waals surface area contributed by atoms with Gasteiger partial charge in [-0.25, -0.2) is 9.97 Å². The minimum Gasteiger partial charge on any atom is -0.392 e. The molecule has 1 amide bonds. The van der Waals surface area contributed by atoms with Crippen LogP contribution in [0.1, 0.15) is 22.4 Å². The molecule has 0 spiro atoms. The van der Waals surface area contributed by atoms with Gasteiger partial charge in [-0.2, -0.15) is 0 Å². The van der Waals surface area contributed by atoms with Gasteiger partial charge in [-0.05, 0) is 40.3 Å². The van der Waals surface area contributed by atoms with Gasteiger partial charge < -0.3 is 10.4 Å². The molecule has 1 aliphatic rings. The number of benzene rings is 4. The number of aryl methyl sites for hydroxylation is 2. The maximum absolute atomic E-state index is 13.1. The summed E-state index contributed by atoms with van der Waals surface area (Å²) >= 11 is 0. The number of aromatic nitrogens is 2. The zero-order valence-corrected chi connectivity index (χ0v) is 19.7. The van der Waals surface area contributed by atoms with Crippen molar-refractivity contribution >= 4 is 22.5 Å². The van der Waals surface area contributed by atoms with Crippen LogP contribution in [-0.2, 0) is 30.7 Å². The van der Waals surface area contributed by atoms with E-state index in [4.69, 9.17) is 9.97 Å². The number of hydrogen-bond donors (Lipinski definition) is 2. The second-order valence-electron chi connectivity index (χ2n) is 9.14. The van der Waals surface area contributed by atoms with E-state index in [1.54, 1.807) is 0 Å². The van der Waals surface area contributed by atoms with Crippen molar-refractivity contribution in [1.82, 2.24) is 9.97 Å². The fourth-order valence-electron chi connectivity index (χ4n) is 4.89. The Labute approximate surface area is 209 Å². The number of carbonyl (C=O) groups excluding carboxylic acids is 1.